The third-order valence-corrected chi connectivity index (χ3v) is 7.30. The number of anilines is 1. The number of aromatic nitrogens is 3. The molecule has 1 aromatic heterocycles. The lowest BCUT2D eigenvalue weighted by atomic mass is 10.1. The van der Waals surface area contributed by atoms with Crippen molar-refractivity contribution in [1.29, 1.82) is 0 Å². The Bertz CT molecular complexity index is 1520. The second kappa shape index (κ2) is 10.9. The molecule has 5 rings (SSSR count). The molecule has 0 aliphatic carbocycles. The van der Waals surface area contributed by atoms with E-state index in [0.29, 0.717) is 17.5 Å². The first kappa shape index (κ1) is 25.2. The van der Waals surface area contributed by atoms with Crippen LogP contribution >= 0.6 is 11.8 Å². The Morgan fingerprint density at radius 1 is 1.03 bits per heavy atom. The van der Waals surface area contributed by atoms with E-state index in [-0.39, 0.29) is 35.0 Å². The molecule has 10 nitrogen and oxygen atoms in total. The minimum absolute atomic E-state index is 0.0152. The van der Waals surface area contributed by atoms with Crippen LogP contribution in [0, 0.1) is 17.0 Å². The van der Waals surface area contributed by atoms with Crippen LogP contribution in [0.2, 0.25) is 0 Å². The molecule has 1 N–H and O–H groups in total. The van der Waals surface area contributed by atoms with Crippen molar-refractivity contribution in [2.24, 2.45) is 0 Å². The minimum atomic E-state index is -0.510. The average molecular weight is 529 g/mol. The van der Waals surface area contributed by atoms with Crippen molar-refractivity contribution < 1.29 is 14.5 Å². The molecule has 0 radical (unpaired) electrons. The first-order valence-electron chi connectivity index (χ1n) is 12.0. The standard InChI is InChI=1S/C27H24N6O4S/c1-18-21(11-7-13-22(18)33(36)37)26(35)28-16-24-29-30-27(32(24)20-9-3-2-4-10-20)38-17-25(34)31-15-14-19-8-5-6-12-23(19)31/h2-13H,14-17H2,1H3,(H,28,35). The Balaban J connectivity index is 1.34. The van der Waals surface area contributed by atoms with Gasteiger partial charge in [0.05, 0.1) is 17.2 Å². The van der Waals surface area contributed by atoms with E-state index in [1.54, 1.807) is 22.5 Å². The van der Waals surface area contributed by atoms with E-state index in [0.717, 1.165) is 23.4 Å². The summed E-state index contributed by atoms with van der Waals surface area (Å²) < 4.78 is 1.80. The van der Waals surface area contributed by atoms with E-state index < -0.39 is 10.8 Å². The molecular weight excluding hydrogens is 504 g/mol. The summed E-state index contributed by atoms with van der Waals surface area (Å²) in [4.78, 5) is 38.5. The van der Waals surface area contributed by atoms with Crippen molar-refractivity contribution in [3.63, 3.8) is 0 Å². The van der Waals surface area contributed by atoms with Gasteiger partial charge in [0.15, 0.2) is 11.0 Å². The monoisotopic (exact) mass is 528 g/mol. The molecule has 0 spiro atoms. The molecule has 0 atom stereocenters. The van der Waals surface area contributed by atoms with Gasteiger partial charge in [-0.3, -0.25) is 24.3 Å². The van der Waals surface area contributed by atoms with Gasteiger partial charge >= 0.3 is 0 Å². The van der Waals surface area contributed by atoms with Crippen LogP contribution in [0.3, 0.4) is 0 Å². The summed E-state index contributed by atoms with van der Waals surface area (Å²) in [6.45, 7) is 2.24. The van der Waals surface area contributed by atoms with Gasteiger partial charge in [0.2, 0.25) is 5.91 Å². The Hall–Kier alpha value is -4.51. The summed E-state index contributed by atoms with van der Waals surface area (Å²) in [5, 5.41) is 23.2. The Morgan fingerprint density at radius 3 is 2.58 bits per heavy atom. The molecule has 2 heterocycles. The summed E-state index contributed by atoms with van der Waals surface area (Å²) in [5.41, 5.74) is 3.29. The van der Waals surface area contributed by atoms with E-state index in [2.05, 4.69) is 15.5 Å². The van der Waals surface area contributed by atoms with Gasteiger partial charge < -0.3 is 10.2 Å². The highest BCUT2D eigenvalue weighted by Gasteiger charge is 2.25. The van der Waals surface area contributed by atoms with Gasteiger partial charge in [-0.1, -0.05) is 54.2 Å². The minimum Gasteiger partial charge on any atom is -0.345 e. The number of nitrogens with zero attached hydrogens (tertiary/aromatic N) is 5. The molecule has 0 saturated heterocycles. The maximum Gasteiger partial charge on any atom is 0.273 e. The number of hydrogen-bond donors (Lipinski definition) is 1. The molecule has 0 saturated carbocycles. The molecule has 0 bridgehead atoms. The summed E-state index contributed by atoms with van der Waals surface area (Å²) in [6, 6.07) is 21.7. The first-order chi connectivity index (χ1) is 18.4. The molecule has 0 unspecified atom stereocenters. The molecule has 11 heteroatoms. The largest absolute Gasteiger partial charge is 0.345 e. The van der Waals surface area contributed by atoms with Crippen LogP contribution in [0.5, 0.6) is 0 Å². The number of thioether (sulfide) groups is 1. The second-order valence-corrected chi connectivity index (χ2v) is 9.61. The fourth-order valence-corrected chi connectivity index (χ4v) is 5.31. The van der Waals surface area contributed by atoms with Crippen LogP contribution in [-0.4, -0.2) is 43.8 Å². The number of nitrogens with one attached hydrogen (secondary N) is 1. The number of benzene rings is 3. The molecule has 3 aromatic carbocycles. The van der Waals surface area contributed by atoms with Crippen molar-refractivity contribution in [3.05, 3.63) is 105 Å². The number of amides is 2. The van der Waals surface area contributed by atoms with Gasteiger partial charge in [0, 0.05) is 35.1 Å². The summed E-state index contributed by atoms with van der Waals surface area (Å²) in [7, 11) is 0. The van der Waals surface area contributed by atoms with E-state index in [4.69, 9.17) is 0 Å². The van der Waals surface area contributed by atoms with Crippen LogP contribution in [-0.2, 0) is 17.8 Å². The van der Waals surface area contributed by atoms with Crippen LogP contribution < -0.4 is 10.2 Å². The highest BCUT2D eigenvalue weighted by atomic mass is 32.2. The molecule has 38 heavy (non-hydrogen) atoms. The SMILES string of the molecule is Cc1c(C(=O)NCc2nnc(SCC(=O)N3CCc4ccccc43)n2-c2ccccc2)cccc1[N+](=O)[O-]. The lowest BCUT2D eigenvalue weighted by Gasteiger charge is -2.17. The normalized spacial score (nSPS) is 12.3. The maximum atomic E-state index is 13.1. The number of para-hydroxylation sites is 2. The Morgan fingerprint density at radius 2 is 1.79 bits per heavy atom. The van der Waals surface area contributed by atoms with Gasteiger partial charge in [-0.05, 0) is 43.2 Å². The number of hydrogen-bond acceptors (Lipinski definition) is 7. The van der Waals surface area contributed by atoms with Crippen molar-refractivity contribution in [3.8, 4) is 5.69 Å². The lowest BCUT2D eigenvalue weighted by molar-refractivity contribution is -0.385. The van der Waals surface area contributed by atoms with Crippen molar-refractivity contribution in [2.45, 2.75) is 25.0 Å². The number of nitro groups is 1. The molecule has 4 aromatic rings. The number of rotatable bonds is 8. The predicted octanol–water partition coefficient (Wildman–Crippen LogP) is 4.10. The molecule has 2 amide bonds. The van der Waals surface area contributed by atoms with Crippen LogP contribution in [0.1, 0.15) is 27.3 Å². The van der Waals surface area contributed by atoms with Crippen LogP contribution in [0.4, 0.5) is 11.4 Å². The number of carbonyl (C=O) groups excluding carboxylic acids is 2. The highest BCUT2D eigenvalue weighted by Crippen LogP contribution is 2.29. The van der Waals surface area contributed by atoms with Crippen LogP contribution in [0.25, 0.3) is 5.69 Å². The van der Waals surface area contributed by atoms with Gasteiger partial charge in [0.25, 0.3) is 11.6 Å². The number of nitro benzene ring substituents is 1. The second-order valence-electron chi connectivity index (χ2n) is 8.67. The average Bonchev–Trinajstić information content (AvgIpc) is 3.55. The van der Waals surface area contributed by atoms with Crippen molar-refractivity contribution in [2.75, 3.05) is 17.2 Å². The highest BCUT2D eigenvalue weighted by molar-refractivity contribution is 7.99. The molecule has 1 aliphatic rings. The molecule has 1 aliphatic heterocycles. The quantitative estimate of drug-likeness (QED) is 0.208. The topological polar surface area (TPSA) is 123 Å². The van der Waals surface area contributed by atoms with E-state index in [1.807, 2.05) is 54.6 Å². The van der Waals surface area contributed by atoms with E-state index in [1.165, 1.54) is 23.9 Å². The zero-order valence-electron chi connectivity index (χ0n) is 20.5. The number of carbonyl (C=O) groups is 2. The molecule has 192 valence electrons. The lowest BCUT2D eigenvalue weighted by Crippen LogP contribution is -2.30. The fraction of sp³-hybridized carbons (Fsp3) is 0.185. The zero-order chi connectivity index (χ0) is 26.6. The smallest absolute Gasteiger partial charge is 0.273 e. The zero-order valence-corrected chi connectivity index (χ0v) is 21.4. The van der Waals surface area contributed by atoms with Crippen molar-refractivity contribution >= 4 is 35.0 Å². The summed E-state index contributed by atoms with van der Waals surface area (Å²) in [5.74, 6) is 0.178. The summed E-state index contributed by atoms with van der Waals surface area (Å²) >= 11 is 1.28. The van der Waals surface area contributed by atoms with Crippen molar-refractivity contribution in [1.82, 2.24) is 20.1 Å². The number of fused-ring (bicyclic) bond motifs is 1. The maximum absolute atomic E-state index is 13.1. The van der Waals surface area contributed by atoms with Gasteiger partial charge in [-0.15, -0.1) is 10.2 Å². The Kier molecular flexibility index (Phi) is 7.18. The first-order valence-corrected chi connectivity index (χ1v) is 13.0. The Labute approximate surface area is 222 Å². The van der Waals surface area contributed by atoms with Gasteiger partial charge in [0.1, 0.15) is 0 Å². The van der Waals surface area contributed by atoms with Gasteiger partial charge in [-0.25, -0.2) is 0 Å². The third-order valence-electron chi connectivity index (χ3n) is 6.38. The predicted molar refractivity (Wildman–Crippen MR) is 144 cm³/mol. The molecular formula is C27H24N6O4S. The van der Waals surface area contributed by atoms with Crippen LogP contribution in [0.15, 0.2) is 78.0 Å². The molecule has 0 fully saturated rings. The van der Waals surface area contributed by atoms with E-state index in [9.17, 15) is 19.7 Å². The fourth-order valence-electron chi connectivity index (χ4n) is 4.47. The van der Waals surface area contributed by atoms with E-state index >= 15 is 0 Å². The summed E-state index contributed by atoms with van der Waals surface area (Å²) in [6.07, 6.45) is 0.834. The van der Waals surface area contributed by atoms with Gasteiger partial charge in [-0.2, -0.15) is 0 Å². The third kappa shape index (κ3) is 5.00.